The van der Waals surface area contributed by atoms with Gasteiger partial charge in [0, 0.05) is 6.04 Å². The van der Waals surface area contributed by atoms with Crippen LogP contribution in [0.5, 0.6) is 0 Å². The Kier molecular flexibility index (Phi) is 2.50. The molecule has 0 aromatic heterocycles. The molecule has 4 heteroatoms. The number of halogens is 2. The molecule has 2 nitrogen and oxygen atoms in total. The van der Waals surface area contributed by atoms with Crippen LogP contribution in [0.4, 0.5) is 20.2 Å². The van der Waals surface area contributed by atoms with Gasteiger partial charge in [-0.05, 0) is 24.5 Å². The minimum absolute atomic E-state index is 0.107. The van der Waals surface area contributed by atoms with Gasteiger partial charge in [-0.1, -0.05) is 13.3 Å². The SMILES string of the molecule is CCC1CC1Nc1c(N)ccc(F)c1F. The topological polar surface area (TPSA) is 38.0 Å². The molecular weight excluding hydrogens is 198 g/mol. The highest BCUT2D eigenvalue weighted by molar-refractivity contribution is 5.67. The summed E-state index contributed by atoms with van der Waals surface area (Å²) in [5.74, 6) is -1.18. The van der Waals surface area contributed by atoms with Crippen molar-refractivity contribution in [1.29, 1.82) is 0 Å². The van der Waals surface area contributed by atoms with E-state index in [1.54, 1.807) is 0 Å². The molecule has 1 aromatic rings. The largest absolute Gasteiger partial charge is 0.397 e. The number of benzene rings is 1. The second kappa shape index (κ2) is 3.68. The van der Waals surface area contributed by atoms with Crippen molar-refractivity contribution in [3.63, 3.8) is 0 Å². The molecule has 2 atom stereocenters. The molecule has 15 heavy (non-hydrogen) atoms. The zero-order valence-electron chi connectivity index (χ0n) is 8.56. The van der Waals surface area contributed by atoms with E-state index in [1.807, 2.05) is 0 Å². The lowest BCUT2D eigenvalue weighted by Gasteiger charge is -2.10. The summed E-state index contributed by atoms with van der Waals surface area (Å²) < 4.78 is 26.3. The van der Waals surface area contributed by atoms with Crippen LogP contribution < -0.4 is 11.1 Å². The highest BCUT2D eigenvalue weighted by Crippen LogP contribution is 2.38. The second-order valence-corrected chi connectivity index (χ2v) is 3.98. The van der Waals surface area contributed by atoms with Crippen LogP contribution in [0, 0.1) is 17.6 Å². The fraction of sp³-hybridized carbons (Fsp3) is 0.455. The first-order valence-electron chi connectivity index (χ1n) is 5.13. The predicted molar refractivity (Wildman–Crippen MR) is 56.6 cm³/mol. The Hall–Kier alpha value is -1.32. The third-order valence-corrected chi connectivity index (χ3v) is 2.90. The Morgan fingerprint density at radius 2 is 2.20 bits per heavy atom. The maximum atomic E-state index is 13.4. The number of hydrogen-bond donors (Lipinski definition) is 2. The van der Waals surface area contributed by atoms with Crippen molar-refractivity contribution < 1.29 is 8.78 Å². The molecule has 0 aliphatic heterocycles. The molecule has 1 aliphatic rings. The fourth-order valence-electron chi connectivity index (χ4n) is 1.77. The Balaban J connectivity index is 2.17. The maximum Gasteiger partial charge on any atom is 0.183 e. The molecule has 1 aromatic carbocycles. The summed E-state index contributed by atoms with van der Waals surface area (Å²) in [4.78, 5) is 0. The Labute approximate surface area is 87.5 Å². The van der Waals surface area contributed by atoms with Crippen LogP contribution in [0.3, 0.4) is 0 Å². The van der Waals surface area contributed by atoms with Gasteiger partial charge in [0.2, 0.25) is 0 Å². The molecule has 82 valence electrons. The van der Waals surface area contributed by atoms with Gasteiger partial charge < -0.3 is 11.1 Å². The molecule has 0 saturated heterocycles. The quantitative estimate of drug-likeness (QED) is 0.756. The van der Waals surface area contributed by atoms with Crippen molar-refractivity contribution in [2.75, 3.05) is 11.1 Å². The minimum Gasteiger partial charge on any atom is -0.397 e. The van der Waals surface area contributed by atoms with E-state index in [-0.39, 0.29) is 17.4 Å². The Morgan fingerprint density at radius 1 is 1.47 bits per heavy atom. The van der Waals surface area contributed by atoms with E-state index in [9.17, 15) is 8.78 Å². The summed E-state index contributed by atoms with van der Waals surface area (Å²) >= 11 is 0. The van der Waals surface area contributed by atoms with Crippen LogP contribution >= 0.6 is 0 Å². The first kappa shape index (κ1) is 10.2. The second-order valence-electron chi connectivity index (χ2n) is 3.98. The molecule has 0 bridgehead atoms. The number of nitrogen functional groups attached to an aromatic ring is 1. The van der Waals surface area contributed by atoms with Crippen LogP contribution in [-0.2, 0) is 0 Å². The van der Waals surface area contributed by atoms with Crippen molar-refractivity contribution in [2.24, 2.45) is 5.92 Å². The van der Waals surface area contributed by atoms with E-state index in [4.69, 9.17) is 5.73 Å². The summed E-state index contributed by atoms with van der Waals surface area (Å²) in [6.07, 6.45) is 2.06. The predicted octanol–water partition coefficient (Wildman–Crippen LogP) is 2.76. The monoisotopic (exact) mass is 212 g/mol. The molecule has 0 heterocycles. The lowest BCUT2D eigenvalue weighted by molar-refractivity contribution is 0.511. The van der Waals surface area contributed by atoms with E-state index in [0.29, 0.717) is 5.92 Å². The molecule has 1 aliphatic carbocycles. The normalized spacial score (nSPS) is 23.9. The third kappa shape index (κ3) is 1.89. The van der Waals surface area contributed by atoms with E-state index in [0.717, 1.165) is 18.9 Å². The van der Waals surface area contributed by atoms with Gasteiger partial charge in [0.25, 0.3) is 0 Å². The van der Waals surface area contributed by atoms with Crippen molar-refractivity contribution in [2.45, 2.75) is 25.8 Å². The van der Waals surface area contributed by atoms with E-state index in [2.05, 4.69) is 12.2 Å². The molecule has 2 rings (SSSR count). The molecule has 1 saturated carbocycles. The number of nitrogens with one attached hydrogen (secondary N) is 1. The zero-order valence-corrected chi connectivity index (χ0v) is 8.56. The summed E-state index contributed by atoms with van der Waals surface area (Å²) in [5, 5.41) is 2.95. The van der Waals surface area contributed by atoms with Crippen molar-refractivity contribution in [3.05, 3.63) is 23.8 Å². The Morgan fingerprint density at radius 3 is 2.80 bits per heavy atom. The summed E-state index contributed by atoms with van der Waals surface area (Å²) in [6.45, 7) is 2.08. The van der Waals surface area contributed by atoms with Gasteiger partial charge in [0.05, 0.1) is 11.4 Å². The van der Waals surface area contributed by atoms with Crippen molar-refractivity contribution >= 4 is 11.4 Å². The molecule has 3 N–H and O–H groups in total. The number of rotatable bonds is 3. The molecule has 0 amide bonds. The zero-order chi connectivity index (χ0) is 11.0. The molecular formula is C11H14F2N2. The first-order valence-corrected chi connectivity index (χ1v) is 5.13. The van der Waals surface area contributed by atoms with Gasteiger partial charge in [-0.25, -0.2) is 8.78 Å². The highest BCUT2D eigenvalue weighted by Gasteiger charge is 2.36. The van der Waals surface area contributed by atoms with E-state index in [1.165, 1.54) is 6.07 Å². The summed E-state index contributed by atoms with van der Waals surface area (Å²) in [6, 6.07) is 2.66. The van der Waals surface area contributed by atoms with Crippen molar-refractivity contribution in [1.82, 2.24) is 0 Å². The van der Waals surface area contributed by atoms with Gasteiger partial charge in [0.1, 0.15) is 0 Å². The smallest absolute Gasteiger partial charge is 0.183 e. The van der Waals surface area contributed by atoms with Crippen LogP contribution in [0.15, 0.2) is 12.1 Å². The van der Waals surface area contributed by atoms with Gasteiger partial charge in [-0.15, -0.1) is 0 Å². The van der Waals surface area contributed by atoms with Crippen LogP contribution in [-0.4, -0.2) is 6.04 Å². The standard InChI is InChI=1S/C11H14F2N2/c1-2-6-5-9(6)15-11-8(14)4-3-7(12)10(11)13/h3-4,6,9,15H,2,5,14H2,1H3. The van der Waals surface area contributed by atoms with Gasteiger partial charge >= 0.3 is 0 Å². The van der Waals surface area contributed by atoms with Crippen LogP contribution in [0.25, 0.3) is 0 Å². The first-order chi connectivity index (χ1) is 7.13. The highest BCUT2D eigenvalue weighted by atomic mass is 19.2. The number of anilines is 2. The molecule has 1 fully saturated rings. The molecule has 2 unspecified atom stereocenters. The molecule has 0 spiro atoms. The van der Waals surface area contributed by atoms with Gasteiger partial charge in [-0.3, -0.25) is 0 Å². The van der Waals surface area contributed by atoms with Crippen LogP contribution in [0.2, 0.25) is 0 Å². The average Bonchev–Trinajstić information content (AvgIpc) is 2.97. The fourth-order valence-corrected chi connectivity index (χ4v) is 1.77. The minimum atomic E-state index is -0.878. The van der Waals surface area contributed by atoms with Crippen molar-refractivity contribution in [3.8, 4) is 0 Å². The van der Waals surface area contributed by atoms with E-state index < -0.39 is 11.6 Å². The lowest BCUT2D eigenvalue weighted by atomic mass is 10.2. The van der Waals surface area contributed by atoms with Gasteiger partial charge in [-0.2, -0.15) is 0 Å². The maximum absolute atomic E-state index is 13.4. The third-order valence-electron chi connectivity index (χ3n) is 2.90. The summed E-state index contributed by atoms with van der Waals surface area (Å²) in [5.41, 5.74) is 5.95. The lowest BCUT2D eigenvalue weighted by Crippen LogP contribution is -2.09. The number of nitrogens with two attached hydrogens (primary N) is 1. The van der Waals surface area contributed by atoms with Crippen LogP contribution in [0.1, 0.15) is 19.8 Å². The average molecular weight is 212 g/mol. The van der Waals surface area contributed by atoms with E-state index >= 15 is 0 Å². The molecule has 0 radical (unpaired) electrons. The Bertz CT molecular complexity index is 379. The summed E-state index contributed by atoms with van der Waals surface area (Å²) in [7, 11) is 0. The number of hydrogen-bond acceptors (Lipinski definition) is 2. The van der Waals surface area contributed by atoms with Gasteiger partial charge in [0.15, 0.2) is 11.6 Å².